The normalized spacial score (nSPS) is 12.3. The average molecular weight is 488 g/mol. The van der Waals surface area contributed by atoms with Gasteiger partial charge >= 0.3 is 0 Å². The van der Waals surface area contributed by atoms with Crippen LogP contribution in [0.15, 0.2) is 28.9 Å². The van der Waals surface area contributed by atoms with Crippen molar-refractivity contribution in [1.29, 1.82) is 0 Å². The first-order chi connectivity index (χ1) is 14.9. The predicted octanol–water partition coefficient (Wildman–Crippen LogP) is 4.87. The molecule has 0 bridgehead atoms. The van der Waals surface area contributed by atoms with Crippen molar-refractivity contribution in [2.24, 2.45) is 5.92 Å². The molecule has 11 heteroatoms. The van der Waals surface area contributed by atoms with Crippen LogP contribution in [0.3, 0.4) is 0 Å². The van der Waals surface area contributed by atoms with Crippen LogP contribution in [0.2, 0.25) is 10.0 Å². The number of fused-ring (bicyclic) bond motifs is 1. The molecule has 3 rings (SSSR count). The summed E-state index contributed by atoms with van der Waals surface area (Å²) in [6.07, 6.45) is 1.54. The number of pyridine rings is 1. The first-order valence-corrected chi connectivity index (χ1v) is 11.6. The zero-order chi connectivity index (χ0) is 22.4. The van der Waals surface area contributed by atoms with Crippen LogP contribution >= 0.6 is 23.2 Å². The van der Waals surface area contributed by atoms with Gasteiger partial charge in [0.1, 0.15) is 28.4 Å². The molecule has 0 aliphatic carbocycles. The van der Waals surface area contributed by atoms with E-state index in [2.05, 4.69) is 14.9 Å². The van der Waals surface area contributed by atoms with Crippen molar-refractivity contribution in [3.8, 4) is 11.6 Å². The van der Waals surface area contributed by atoms with Gasteiger partial charge in [-0.15, -0.1) is 0 Å². The minimum absolute atomic E-state index is 0.169. The second-order valence-corrected chi connectivity index (χ2v) is 9.18. The SMILES string of the molecule is COCCS(=O)Nc1noc2cc(COc3cnc(OCC(C)C)c(Cl)c3)c(Cl)cc12. The molecule has 0 saturated heterocycles. The number of ether oxygens (including phenoxy) is 3. The van der Waals surface area contributed by atoms with E-state index in [1.807, 2.05) is 13.8 Å². The molecule has 0 radical (unpaired) electrons. The topological polar surface area (TPSA) is 95.7 Å². The number of aromatic nitrogens is 2. The zero-order valence-electron chi connectivity index (χ0n) is 17.3. The summed E-state index contributed by atoms with van der Waals surface area (Å²) in [5.41, 5.74) is 1.18. The van der Waals surface area contributed by atoms with Crippen LogP contribution in [0.5, 0.6) is 11.6 Å². The highest BCUT2D eigenvalue weighted by Crippen LogP contribution is 2.31. The van der Waals surface area contributed by atoms with E-state index in [0.717, 1.165) is 0 Å². The molecule has 2 aromatic heterocycles. The van der Waals surface area contributed by atoms with Crippen molar-refractivity contribution < 1.29 is 22.9 Å². The van der Waals surface area contributed by atoms with E-state index in [4.69, 9.17) is 41.9 Å². The molecule has 8 nitrogen and oxygen atoms in total. The number of nitrogens with zero attached hydrogens (tertiary/aromatic N) is 2. The zero-order valence-corrected chi connectivity index (χ0v) is 19.6. The van der Waals surface area contributed by atoms with Crippen LogP contribution in [0.4, 0.5) is 5.82 Å². The molecule has 0 amide bonds. The van der Waals surface area contributed by atoms with Crippen molar-refractivity contribution >= 4 is 51.0 Å². The number of rotatable bonds is 11. The van der Waals surface area contributed by atoms with Gasteiger partial charge in [0.15, 0.2) is 11.4 Å². The minimum atomic E-state index is -1.35. The molecule has 168 valence electrons. The fraction of sp³-hybridized carbons (Fsp3) is 0.400. The summed E-state index contributed by atoms with van der Waals surface area (Å²) in [4.78, 5) is 4.20. The predicted molar refractivity (Wildman–Crippen MR) is 121 cm³/mol. The smallest absolute Gasteiger partial charge is 0.232 e. The molecular weight excluding hydrogens is 465 g/mol. The maximum Gasteiger partial charge on any atom is 0.232 e. The Hall–Kier alpha value is -2.07. The summed E-state index contributed by atoms with van der Waals surface area (Å²) >= 11 is 12.6. The molecule has 0 saturated carbocycles. The van der Waals surface area contributed by atoms with Gasteiger partial charge in [0, 0.05) is 23.8 Å². The van der Waals surface area contributed by atoms with E-state index in [1.165, 1.54) is 0 Å². The van der Waals surface area contributed by atoms with E-state index >= 15 is 0 Å². The Bertz CT molecular complexity index is 1060. The molecule has 31 heavy (non-hydrogen) atoms. The third-order valence-corrected chi connectivity index (χ3v) is 5.63. The number of benzene rings is 1. The summed E-state index contributed by atoms with van der Waals surface area (Å²) in [6, 6.07) is 5.06. The van der Waals surface area contributed by atoms with Gasteiger partial charge in [0.25, 0.3) is 0 Å². The number of methoxy groups -OCH3 is 1. The highest BCUT2D eigenvalue weighted by molar-refractivity contribution is 7.86. The van der Waals surface area contributed by atoms with E-state index in [9.17, 15) is 4.21 Å². The molecule has 0 aliphatic heterocycles. The van der Waals surface area contributed by atoms with Gasteiger partial charge in [-0.1, -0.05) is 42.2 Å². The lowest BCUT2D eigenvalue weighted by molar-refractivity contribution is 0.218. The monoisotopic (exact) mass is 487 g/mol. The third kappa shape index (κ3) is 6.46. The van der Waals surface area contributed by atoms with Crippen LogP contribution in [0.1, 0.15) is 19.4 Å². The largest absolute Gasteiger partial charge is 0.487 e. The van der Waals surface area contributed by atoms with Crippen molar-refractivity contribution in [1.82, 2.24) is 10.1 Å². The van der Waals surface area contributed by atoms with E-state index in [1.54, 1.807) is 31.5 Å². The van der Waals surface area contributed by atoms with Gasteiger partial charge in [0.2, 0.25) is 5.88 Å². The number of nitrogens with one attached hydrogen (secondary N) is 1. The van der Waals surface area contributed by atoms with Gasteiger partial charge in [-0.2, -0.15) is 0 Å². The van der Waals surface area contributed by atoms with Crippen molar-refractivity contribution in [2.45, 2.75) is 20.5 Å². The van der Waals surface area contributed by atoms with Crippen LogP contribution in [-0.4, -0.2) is 40.4 Å². The maximum atomic E-state index is 12.0. The Labute approximate surface area is 192 Å². The summed E-state index contributed by atoms with van der Waals surface area (Å²) in [6.45, 7) is 5.14. The average Bonchev–Trinajstić information content (AvgIpc) is 3.11. The molecule has 0 spiro atoms. The van der Waals surface area contributed by atoms with E-state index in [-0.39, 0.29) is 6.61 Å². The lowest BCUT2D eigenvalue weighted by Gasteiger charge is -2.11. The van der Waals surface area contributed by atoms with Gasteiger partial charge in [-0.05, 0) is 18.1 Å². The van der Waals surface area contributed by atoms with Crippen LogP contribution in [-0.2, 0) is 22.3 Å². The Kier molecular flexibility index (Phi) is 8.36. The minimum Gasteiger partial charge on any atom is -0.487 e. The Balaban J connectivity index is 1.67. The summed E-state index contributed by atoms with van der Waals surface area (Å²) < 4.78 is 36.4. The molecule has 2 heterocycles. The number of hydrogen-bond acceptors (Lipinski definition) is 7. The van der Waals surface area contributed by atoms with Crippen molar-refractivity contribution in [3.05, 3.63) is 40.0 Å². The Morgan fingerprint density at radius 1 is 1.19 bits per heavy atom. The molecule has 1 unspecified atom stereocenters. The van der Waals surface area contributed by atoms with E-state index < -0.39 is 11.0 Å². The van der Waals surface area contributed by atoms with Crippen LogP contribution in [0, 0.1) is 5.92 Å². The number of anilines is 1. The molecular formula is C20H23Cl2N3O5S. The molecule has 1 atom stereocenters. The highest BCUT2D eigenvalue weighted by Gasteiger charge is 2.15. The fourth-order valence-corrected chi connectivity index (χ4v) is 3.71. The Morgan fingerprint density at radius 3 is 2.71 bits per heavy atom. The molecule has 3 aromatic rings. The Morgan fingerprint density at radius 2 is 2.00 bits per heavy atom. The first-order valence-electron chi connectivity index (χ1n) is 9.50. The number of hydrogen-bond donors (Lipinski definition) is 1. The summed E-state index contributed by atoms with van der Waals surface area (Å²) in [7, 11) is 0.197. The molecule has 1 N–H and O–H groups in total. The number of halogens is 2. The van der Waals surface area contributed by atoms with Crippen molar-refractivity contribution in [2.75, 3.05) is 30.8 Å². The van der Waals surface area contributed by atoms with E-state index in [0.29, 0.717) is 68.9 Å². The van der Waals surface area contributed by atoms with Gasteiger partial charge < -0.3 is 18.7 Å². The lowest BCUT2D eigenvalue weighted by atomic mass is 10.2. The second kappa shape index (κ2) is 11.0. The lowest BCUT2D eigenvalue weighted by Crippen LogP contribution is -2.12. The fourth-order valence-electron chi connectivity index (χ4n) is 2.50. The third-order valence-electron chi connectivity index (χ3n) is 4.05. The summed E-state index contributed by atoms with van der Waals surface area (Å²) in [5.74, 6) is 1.88. The van der Waals surface area contributed by atoms with Crippen LogP contribution < -0.4 is 14.2 Å². The molecule has 0 fully saturated rings. The van der Waals surface area contributed by atoms with Crippen molar-refractivity contribution in [3.63, 3.8) is 0 Å². The van der Waals surface area contributed by atoms with Gasteiger partial charge in [0.05, 0.1) is 30.5 Å². The van der Waals surface area contributed by atoms with Gasteiger partial charge in [-0.25, -0.2) is 9.19 Å². The maximum absolute atomic E-state index is 12.0. The van der Waals surface area contributed by atoms with Crippen LogP contribution in [0.25, 0.3) is 11.0 Å². The quantitative estimate of drug-likeness (QED) is 0.412. The first kappa shape index (κ1) is 23.6. The molecule has 0 aliphatic rings. The van der Waals surface area contributed by atoms with Gasteiger partial charge in [-0.3, -0.25) is 4.72 Å². The summed E-state index contributed by atoms with van der Waals surface area (Å²) in [5, 5.41) is 5.38. The molecule has 1 aromatic carbocycles. The highest BCUT2D eigenvalue weighted by atomic mass is 35.5. The standard InChI is InChI=1S/C20H23Cl2N3O5S/c1-12(2)10-29-20-17(22)7-14(9-23-20)28-11-13-6-18-15(8-16(13)21)19(24-30-18)25-31(26)5-4-27-3/h6-9,12H,4-5,10-11H2,1-3H3,(H,24,25). The second-order valence-electron chi connectivity index (χ2n) is 7.07.